The van der Waals surface area contributed by atoms with Crippen molar-refractivity contribution >= 4 is 12.1 Å². The molecule has 1 N–H and O–H groups in total. The van der Waals surface area contributed by atoms with Crippen molar-refractivity contribution in [1.29, 1.82) is 0 Å². The summed E-state index contributed by atoms with van der Waals surface area (Å²) in [7, 11) is 1.58. The number of methoxy groups -OCH3 is 1. The van der Waals surface area contributed by atoms with Gasteiger partial charge in [0, 0.05) is 0 Å². The van der Waals surface area contributed by atoms with Crippen LogP contribution in [0.25, 0.3) is 0 Å². The predicted octanol–water partition coefficient (Wildman–Crippen LogP) is 2.84. The normalized spacial score (nSPS) is 10.6. The Morgan fingerprint density at radius 3 is 2.91 bits per heavy atom. The van der Waals surface area contributed by atoms with E-state index in [9.17, 15) is 4.79 Å². The van der Waals surface area contributed by atoms with E-state index in [1.54, 1.807) is 25.3 Å². The number of ether oxygens (including phenoxy) is 2. The topological polar surface area (TPSA) is 73.1 Å². The SMILES string of the molecule is CCCOc1ccc(/C=N\NC(=O)c2ccco2)cc1OC. The number of nitrogens with zero attached hydrogens (tertiary/aromatic N) is 1. The second-order valence-electron chi connectivity index (χ2n) is 4.44. The molecule has 1 heterocycles. The molecule has 0 aliphatic carbocycles. The van der Waals surface area contributed by atoms with Crippen molar-refractivity contribution in [3.05, 3.63) is 47.9 Å². The molecule has 0 fully saturated rings. The molecule has 0 aliphatic heterocycles. The van der Waals surface area contributed by atoms with E-state index < -0.39 is 5.91 Å². The number of hydrogen-bond donors (Lipinski definition) is 1. The molecule has 0 saturated carbocycles. The highest BCUT2D eigenvalue weighted by atomic mass is 16.5. The number of carbonyl (C=O) groups is 1. The van der Waals surface area contributed by atoms with Crippen molar-refractivity contribution in [1.82, 2.24) is 5.43 Å². The molecule has 0 atom stereocenters. The van der Waals surface area contributed by atoms with Crippen LogP contribution < -0.4 is 14.9 Å². The summed E-state index contributed by atoms with van der Waals surface area (Å²) in [5, 5.41) is 3.88. The predicted molar refractivity (Wildman–Crippen MR) is 82.5 cm³/mol. The van der Waals surface area contributed by atoms with Gasteiger partial charge in [-0.15, -0.1) is 0 Å². The van der Waals surface area contributed by atoms with Crippen molar-refractivity contribution in [2.45, 2.75) is 13.3 Å². The first kappa shape index (κ1) is 15.6. The van der Waals surface area contributed by atoms with Gasteiger partial charge >= 0.3 is 5.91 Å². The number of hydrazone groups is 1. The zero-order valence-electron chi connectivity index (χ0n) is 12.5. The van der Waals surface area contributed by atoms with Gasteiger partial charge in [-0.25, -0.2) is 5.43 Å². The molecule has 0 saturated heterocycles. The minimum absolute atomic E-state index is 0.207. The molecule has 0 unspecified atom stereocenters. The molecule has 0 bridgehead atoms. The molecular formula is C16H18N2O4. The van der Waals surface area contributed by atoms with Crippen LogP contribution in [0.15, 0.2) is 46.1 Å². The van der Waals surface area contributed by atoms with Gasteiger partial charge in [0.25, 0.3) is 0 Å². The van der Waals surface area contributed by atoms with Crippen molar-refractivity contribution in [2.75, 3.05) is 13.7 Å². The minimum Gasteiger partial charge on any atom is -0.493 e. The van der Waals surface area contributed by atoms with Gasteiger partial charge in [0.05, 0.1) is 26.2 Å². The molecule has 1 aromatic carbocycles. The van der Waals surface area contributed by atoms with Crippen molar-refractivity contribution in [3.63, 3.8) is 0 Å². The monoisotopic (exact) mass is 302 g/mol. The number of rotatable bonds is 7. The average molecular weight is 302 g/mol. The summed E-state index contributed by atoms with van der Waals surface area (Å²) < 4.78 is 15.8. The zero-order chi connectivity index (χ0) is 15.8. The molecule has 1 amide bonds. The van der Waals surface area contributed by atoms with Gasteiger partial charge in [-0.05, 0) is 42.3 Å². The summed E-state index contributed by atoms with van der Waals surface area (Å²) in [6.45, 7) is 2.66. The third kappa shape index (κ3) is 4.12. The Kier molecular flexibility index (Phi) is 5.59. The standard InChI is InChI=1S/C16H18N2O4/c1-3-8-21-13-7-6-12(10-15(13)20-2)11-17-18-16(19)14-5-4-9-22-14/h4-7,9-11H,3,8H2,1-2H3,(H,18,19)/b17-11-. The molecule has 6 heteroatoms. The summed E-state index contributed by atoms with van der Waals surface area (Å²) in [6, 6.07) is 8.63. The van der Waals surface area contributed by atoms with E-state index in [1.807, 2.05) is 19.1 Å². The van der Waals surface area contributed by atoms with E-state index in [1.165, 1.54) is 12.5 Å². The zero-order valence-corrected chi connectivity index (χ0v) is 12.5. The maximum absolute atomic E-state index is 11.6. The summed E-state index contributed by atoms with van der Waals surface area (Å²) >= 11 is 0. The van der Waals surface area contributed by atoms with E-state index in [0.717, 1.165) is 12.0 Å². The maximum Gasteiger partial charge on any atom is 0.307 e. The highest BCUT2D eigenvalue weighted by Crippen LogP contribution is 2.27. The second-order valence-corrected chi connectivity index (χ2v) is 4.44. The van der Waals surface area contributed by atoms with Crippen LogP contribution in [0, 0.1) is 0 Å². The Bertz CT molecular complexity index is 636. The molecule has 116 valence electrons. The lowest BCUT2D eigenvalue weighted by atomic mass is 10.2. The third-order valence-electron chi connectivity index (χ3n) is 2.77. The van der Waals surface area contributed by atoms with Crippen LogP contribution in [0.1, 0.15) is 29.5 Å². The number of furan rings is 1. The van der Waals surface area contributed by atoms with E-state index >= 15 is 0 Å². The lowest BCUT2D eigenvalue weighted by Crippen LogP contribution is -2.16. The molecular weight excluding hydrogens is 284 g/mol. The molecule has 22 heavy (non-hydrogen) atoms. The van der Waals surface area contributed by atoms with Crippen LogP contribution >= 0.6 is 0 Å². The van der Waals surface area contributed by atoms with E-state index in [4.69, 9.17) is 13.9 Å². The Labute approximate surface area is 128 Å². The van der Waals surface area contributed by atoms with Crippen LogP contribution in [0.2, 0.25) is 0 Å². The third-order valence-corrected chi connectivity index (χ3v) is 2.77. The maximum atomic E-state index is 11.6. The molecule has 0 spiro atoms. The Morgan fingerprint density at radius 2 is 2.23 bits per heavy atom. The fourth-order valence-electron chi connectivity index (χ4n) is 1.72. The second kappa shape index (κ2) is 7.87. The summed E-state index contributed by atoms with van der Waals surface area (Å²) in [6.07, 6.45) is 3.87. The van der Waals surface area contributed by atoms with Crippen LogP contribution in [-0.2, 0) is 0 Å². The van der Waals surface area contributed by atoms with Gasteiger partial charge < -0.3 is 13.9 Å². The molecule has 6 nitrogen and oxygen atoms in total. The summed E-state index contributed by atoms with van der Waals surface area (Å²) in [5.74, 6) is 1.10. The van der Waals surface area contributed by atoms with Gasteiger partial charge in [0.1, 0.15) is 0 Å². The highest BCUT2D eigenvalue weighted by molar-refractivity contribution is 5.92. The van der Waals surface area contributed by atoms with Crippen LogP contribution in [0.5, 0.6) is 11.5 Å². The Morgan fingerprint density at radius 1 is 1.36 bits per heavy atom. The molecule has 1 aromatic heterocycles. The quantitative estimate of drug-likeness (QED) is 0.630. The lowest BCUT2D eigenvalue weighted by Gasteiger charge is -2.10. The minimum atomic E-state index is -0.406. The molecule has 0 radical (unpaired) electrons. The number of benzene rings is 1. The first-order chi connectivity index (χ1) is 10.7. The van der Waals surface area contributed by atoms with Crippen molar-refractivity contribution in [3.8, 4) is 11.5 Å². The van der Waals surface area contributed by atoms with Gasteiger partial charge in [-0.3, -0.25) is 4.79 Å². The Balaban J connectivity index is 2.00. The average Bonchev–Trinajstić information content (AvgIpc) is 3.07. The van der Waals surface area contributed by atoms with Gasteiger partial charge in [-0.2, -0.15) is 5.10 Å². The fraction of sp³-hybridized carbons (Fsp3) is 0.250. The van der Waals surface area contributed by atoms with E-state index in [2.05, 4.69) is 10.5 Å². The van der Waals surface area contributed by atoms with Crippen LogP contribution in [0.4, 0.5) is 0 Å². The lowest BCUT2D eigenvalue weighted by molar-refractivity contribution is 0.0927. The van der Waals surface area contributed by atoms with E-state index in [0.29, 0.717) is 18.1 Å². The van der Waals surface area contributed by atoms with Crippen molar-refractivity contribution < 1.29 is 18.7 Å². The smallest absolute Gasteiger partial charge is 0.307 e. The largest absolute Gasteiger partial charge is 0.493 e. The number of carbonyl (C=O) groups excluding carboxylic acids is 1. The number of nitrogens with one attached hydrogen (secondary N) is 1. The van der Waals surface area contributed by atoms with Gasteiger partial charge in [0.2, 0.25) is 0 Å². The molecule has 2 rings (SSSR count). The van der Waals surface area contributed by atoms with Crippen LogP contribution in [0.3, 0.4) is 0 Å². The van der Waals surface area contributed by atoms with E-state index in [-0.39, 0.29) is 5.76 Å². The molecule has 0 aliphatic rings. The molecule has 2 aromatic rings. The summed E-state index contributed by atoms with van der Waals surface area (Å²) in [5.41, 5.74) is 3.16. The fourth-order valence-corrected chi connectivity index (χ4v) is 1.72. The number of hydrogen-bond acceptors (Lipinski definition) is 5. The van der Waals surface area contributed by atoms with Crippen LogP contribution in [-0.4, -0.2) is 25.8 Å². The highest BCUT2D eigenvalue weighted by Gasteiger charge is 2.07. The first-order valence-electron chi connectivity index (χ1n) is 6.92. The van der Waals surface area contributed by atoms with Crippen molar-refractivity contribution in [2.24, 2.45) is 5.10 Å². The van der Waals surface area contributed by atoms with Gasteiger partial charge in [-0.1, -0.05) is 6.92 Å². The first-order valence-corrected chi connectivity index (χ1v) is 6.92. The number of amides is 1. The Hall–Kier alpha value is -2.76. The van der Waals surface area contributed by atoms with Gasteiger partial charge in [0.15, 0.2) is 17.3 Å². The summed E-state index contributed by atoms with van der Waals surface area (Å²) in [4.78, 5) is 11.6.